The normalized spacial score (nSPS) is 11.8. The Morgan fingerprint density at radius 2 is 1.90 bits per heavy atom. The Bertz CT molecular complexity index is 585. The number of carboxylic acid groups (broad SMARTS) is 1. The minimum Gasteiger partial charge on any atom is -0.481 e. The first-order valence-corrected chi connectivity index (χ1v) is 6.23. The standard InChI is InChI=1S/C15H14N2O3/c18-14(13-10-16-6-7-17-13)9-12(15(19)20)8-11-4-2-1-3-5-11/h1-7,10,12H,8-9H2,(H,19,20)/t12-/m1/s1. The molecule has 20 heavy (non-hydrogen) atoms. The molecule has 0 aliphatic heterocycles. The van der Waals surface area contributed by atoms with Crippen LogP contribution in [0.3, 0.4) is 0 Å². The maximum atomic E-state index is 12.0. The van der Waals surface area contributed by atoms with Crippen LogP contribution in [0.25, 0.3) is 0 Å². The molecule has 2 aromatic rings. The van der Waals surface area contributed by atoms with Crippen molar-refractivity contribution in [2.24, 2.45) is 5.92 Å². The van der Waals surface area contributed by atoms with Crippen LogP contribution < -0.4 is 0 Å². The molecule has 0 spiro atoms. The number of carbonyl (C=O) groups is 2. The third-order valence-corrected chi connectivity index (χ3v) is 2.95. The Labute approximate surface area is 116 Å². The molecule has 0 aliphatic rings. The van der Waals surface area contributed by atoms with Gasteiger partial charge in [-0.1, -0.05) is 30.3 Å². The summed E-state index contributed by atoms with van der Waals surface area (Å²) in [7, 11) is 0. The molecule has 1 heterocycles. The molecule has 1 aromatic carbocycles. The van der Waals surface area contributed by atoms with Gasteiger partial charge in [-0.15, -0.1) is 0 Å². The SMILES string of the molecule is O=C(C[C@@H](Cc1ccccc1)C(=O)O)c1cnccn1. The van der Waals surface area contributed by atoms with Crippen LogP contribution in [-0.2, 0) is 11.2 Å². The van der Waals surface area contributed by atoms with Gasteiger partial charge in [0.15, 0.2) is 5.78 Å². The van der Waals surface area contributed by atoms with Crippen molar-refractivity contribution in [1.82, 2.24) is 9.97 Å². The van der Waals surface area contributed by atoms with Gasteiger partial charge < -0.3 is 5.11 Å². The summed E-state index contributed by atoms with van der Waals surface area (Å²) in [6.07, 6.45) is 4.48. The molecular formula is C15H14N2O3. The molecular weight excluding hydrogens is 256 g/mol. The van der Waals surface area contributed by atoms with Crippen molar-refractivity contribution in [3.63, 3.8) is 0 Å². The Kier molecular flexibility index (Phi) is 4.55. The maximum absolute atomic E-state index is 12.0. The van der Waals surface area contributed by atoms with E-state index in [1.54, 1.807) is 0 Å². The van der Waals surface area contributed by atoms with Gasteiger partial charge in [0.05, 0.1) is 12.1 Å². The van der Waals surface area contributed by atoms with Crippen LogP contribution in [0, 0.1) is 5.92 Å². The molecule has 0 radical (unpaired) electrons. The summed E-state index contributed by atoms with van der Waals surface area (Å²) in [5.74, 6) is -2.04. The van der Waals surface area contributed by atoms with Gasteiger partial charge in [-0.25, -0.2) is 4.98 Å². The molecule has 1 aromatic heterocycles. The van der Waals surface area contributed by atoms with E-state index in [-0.39, 0.29) is 17.9 Å². The lowest BCUT2D eigenvalue weighted by atomic mass is 9.93. The third kappa shape index (κ3) is 3.71. The van der Waals surface area contributed by atoms with Gasteiger partial charge in [0.2, 0.25) is 0 Å². The molecule has 1 atom stereocenters. The average molecular weight is 270 g/mol. The van der Waals surface area contributed by atoms with Crippen molar-refractivity contribution in [2.45, 2.75) is 12.8 Å². The lowest BCUT2D eigenvalue weighted by Gasteiger charge is -2.11. The number of benzene rings is 1. The Hall–Kier alpha value is -2.56. The second kappa shape index (κ2) is 6.56. The number of rotatable bonds is 6. The number of ketones is 1. The van der Waals surface area contributed by atoms with Crippen molar-refractivity contribution in [3.8, 4) is 0 Å². The summed E-state index contributed by atoms with van der Waals surface area (Å²) < 4.78 is 0. The topological polar surface area (TPSA) is 80.2 Å². The zero-order valence-electron chi connectivity index (χ0n) is 10.8. The summed E-state index contributed by atoms with van der Waals surface area (Å²) in [5.41, 5.74) is 1.10. The summed E-state index contributed by atoms with van der Waals surface area (Å²) >= 11 is 0. The second-order valence-electron chi connectivity index (χ2n) is 4.44. The number of aromatic nitrogens is 2. The lowest BCUT2D eigenvalue weighted by Crippen LogP contribution is -2.21. The highest BCUT2D eigenvalue weighted by molar-refractivity contribution is 5.96. The Balaban J connectivity index is 2.07. The molecule has 102 valence electrons. The largest absolute Gasteiger partial charge is 0.481 e. The molecule has 0 bridgehead atoms. The smallest absolute Gasteiger partial charge is 0.307 e. The number of carbonyl (C=O) groups excluding carboxylic acids is 1. The number of carboxylic acids is 1. The second-order valence-corrected chi connectivity index (χ2v) is 4.44. The average Bonchev–Trinajstić information content (AvgIpc) is 2.48. The zero-order valence-corrected chi connectivity index (χ0v) is 10.8. The van der Waals surface area contributed by atoms with E-state index in [0.29, 0.717) is 6.42 Å². The first-order valence-electron chi connectivity index (χ1n) is 6.23. The van der Waals surface area contributed by atoms with Crippen LogP contribution in [0.15, 0.2) is 48.9 Å². The van der Waals surface area contributed by atoms with E-state index in [4.69, 9.17) is 0 Å². The summed E-state index contributed by atoms with van der Waals surface area (Å²) in [6.45, 7) is 0. The third-order valence-electron chi connectivity index (χ3n) is 2.95. The van der Waals surface area contributed by atoms with Gasteiger partial charge in [-0.05, 0) is 12.0 Å². The lowest BCUT2D eigenvalue weighted by molar-refractivity contribution is -0.141. The monoisotopic (exact) mass is 270 g/mol. The molecule has 0 fully saturated rings. The quantitative estimate of drug-likeness (QED) is 0.812. The van der Waals surface area contributed by atoms with Gasteiger partial charge >= 0.3 is 5.97 Å². The van der Waals surface area contributed by atoms with Gasteiger partial charge in [-0.3, -0.25) is 14.6 Å². The van der Waals surface area contributed by atoms with Crippen LogP contribution in [0.2, 0.25) is 0 Å². The summed E-state index contributed by atoms with van der Waals surface area (Å²) in [6, 6.07) is 9.26. The number of aliphatic carboxylic acids is 1. The van der Waals surface area contributed by atoms with E-state index in [9.17, 15) is 14.7 Å². The van der Waals surface area contributed by atoms with Gasteiger partial charge in [0.1, 0.15) is 5.69 Å². The molecule has 0 amide bonds. The van der Waals surface area contributed by atoms with Crippen molar-refractivity contribution < 1.29 is 14.7 Å². The van der Waals surface area contributed by atoms with Crippen LogP contribution >= 0.6 is 0 Å². The highest BCUT2D eigenvalue weighted by atomic mass is 16.4. The van der Waals surface area contributed by atoms with Crippen LogP contribution in [0.5, 0.6) is 0 Å². The van der Waals surface area contributed by atoms with Crippen molar-refractivity contribution in [2.75, 3.05) is 0 Å². The predicted octanol–water partition coefficient (Wildman–Crippen LogP) is 1.99. The Morgan fingerprint density at radius 3 is 2.50 bits per heavy atom. The number of nitrogens with zero attached hydrogens (tertiary/aromatic N) is 2. The predicted molar refractivity (Wildman–Crippen MR) is 72.3 cm³/mol. The number of Topliss-reactive ketones (excluding diaryl/α,β-unsaturated/α-hetero) is 1. The molecule has 5 nitrogen and oxygen atoms in total. The first-order chi connectivity index (χ1) is 9.66. The maximum Gasteiger partial charge on any atom is 0.307 e. The molecule has 5 heteroatoms. The fourth-order valence-electron chi connectivity index (χ4n) is 1.92. The van der Waals surface area contributed by atoms with E-state index < -0.39 is 11.9 Å². The van der Waals surface area contributed by atoms with Gasteiger partial charge in [-0.2, -0.15) is 0 Å². The van der Waals surface area contributed by atoms with Crippen molar-refractivity contribution in [1.29, 1.82) is 0 Å². The first kappa shape index (κ1) is 13.9. The zero-order chi connectivity index (χ0) is 14.4. The Morgan fingerprint density at radius 1 is 1.15 bits per heavy atom. The minimum atomic E-state index is -0.980. The van der Waals surface area contributed by atoms with E-state index in [1.165, 1.54) is 18.6 Å². The minimum absolute atomic E-state index is 0.0804. The van der Waals surface area contributed by atoms with Gasteiger partial charge in [0, 0.05) is 18.8 Å². The molecule has 1 N–H and O–H groups in total. The van der Waals surface area contributed by atoms with Crippen LogP contribution in [0.1, 0.15) is 22.5 Å². The van der Waals surface area contributed by atoms with Crippen molar-refractivity contribution >= 4 is 11.8 Å². The fourth-order valence-corrected chi connectivity index (χ4v) is 1.92. The van der Waals surface area contributed by atoms with E-state index in [0.717, 1.165) is 5.56 Å². The summed E-state index contributed by atoms with van der Waals surface area (Å²) in [4.78, 5) is 31.0. The highest BCUT2D eigenvalue weighted by Crippen LogP contribution is 2.15. The molecule has 0 saturated carbocycles. The number of hydrogen-bond donors (Lipinski definition) is 1. The molecule has 0 unspecified atom stereocenters. The number of hydrogen-bond acceptors (Lipinski definition) is 4. The molecule has 0 saturated heterocycles. The summed E-state index contributed by atoms with van der Waals surface area (Å²) in [5, 5.41) is 9.24. The van der Waals surface area contributed by atoms with E-state index in [2.05, 4.69) is 9.97 Å². The van der Waals surface area contributed by atoms with Crippen LogP contribution in [-0.4, -0.2) is 26.8 Å². The molecule has 0 aliphatic carbocycles. The van der Waals surface area contributed by atoms with Gasteiger partial charge in [0.25, 0.3) is 0 Å². The van der Waals surface area contributed by atoms with E-state index >= 15 is 0 Å². The highest BCUT2D eigenvalue weighted by Gasteiger charge is 2.23. The fraction of sp³-hybridized carbons (Fsp3) is 0.200. The van der Waals surface area contributed by atoms with E-state index in [1.807, 2.05) is 30.3 Å². The van der Waals surface area contributed by atoms with Crippen LogP contribution in [0.4, 0.5) is 0 Å². The van der Waals surface area contributed by atoms with Crippen molar-refractivity contribution in [3.05, 3.63) is 60.2 Å². The molecule has 2 rings (SSSR count).